The summed E-state index contributed by atoms with van der Waals surface area (Å²) in [5.74, 6) is -3.63. The molecule has 0 radical (unpaired) electrons. The Balaban J connectivity index is 2.32. The molecule has 11 nitrogen and oxygen atoms in total. The molecular formula is C21H22Cl2N4O7. The number of carboxylic acid groups (broad SMARTS) is 1. The monoisotopic (exact) mass is 513 g/mol. The van der Waals surface area contributed by atoms with Gasteiger partial charge in [-0.2, -0.15) is 10.4 Å². The predicted molar refractivity (Wildman–Crippen MR) is 120 cm³/mol. The summed E-state index contributed by atoms with van der Waals surface area (Å²) in [6.45, 7) is 2.14. The lowest BCUT2D eigenvalue weighted by atomic mass is 9.91. The van der Waals surface area contributed by atoms with Gasteiger partial charge in [0.25, 0.3) is 0 Å². The number of aliphatic hydroxyl groups excluding tert-OH is 3. The van der Waals surface area contributed by atoms with Gasteiger partial charge in [0.05, 0.1) is 23.7 Å². The number of benzene rings is 1. The van der Waals surface area contributed by atoms with Gasteiger partial charge in [-0.1, -0.05) is 37.0 Å². The number of amides is 1. The van der Waals surface area contributed by atoms with E-state index in [0.29, 0.717) is 5.31 Å². The minimum Gasteiger partial charge on any atom is -0.478 e. The van der Waals surface area contributed by atoms with E-state index >= 15 is 0 Å². The molecule has 13 heteroatoms. The van der Waals surface area contributed by atoms with Crippen LogP contribution < -0.4 is 5.31 Å². The molecule has 0 saturated carbocycles. The Morgan fingerprint density at radius 2 is 2.06 bits per heavy atom. The quantitative estimate of drug-likeness (QED) is 0.360. The van der Waals surface area contributed by atoms with E-state index in [-0.39, 0.29) is 26.6 Å². The Morgan fingerprint density at radius 3 is 2.62 bits per heavy atom. The summed E-state index contributed by atoms with van der Waals surface area (Å²) in [4.78, 5) is 24.6. The van der Waals surface area contributed by atoms with Crippen LogP contribution in [0.4, 0.5) is 0 Å². The Morgan fingerprint density at radius 1 is 1.38 bits per heavy atom. The van der Waals surface area contributed by atoms with Crippen molar-refractivity contribution in [2.24, 2.45) is 5.92 Å². The number of aliphatic carboxylic acids is 1. The summed E-state index contributed by atoms with van der Waals surface area (Å²) in [5.41, 5.74) is 0.0472. The third-order valence-corrected chi connectivity index (χ3v) is 5.79. The van der Waals surface area contributed by atoms with Crippen molar-refractivity contribution in [1.29, 1.82) is 5.26 Å². The van der Waals surface area contributed by atoms with Crippen LogP contribution in [0.2, 0.25) is 11.5 Å². The van der Waals surface area contributed by atoms with E-state index in [0.717, 1.165) is 10.8 Å². The van der Waals surface area contributed by atoms with Crippen molar-refractivity contribution in [3.63, 3.8) is 0 Å². The molecule has 0 aliphatic carbocycles. The number of aliphatic hydroxyl groups is 3. The number of nitrogens with one attached hydrogen (secondary N) is 1. The van der Waals surface area contributed by atoms with E-state index in [1.807, 2.05) is 6.07 Å². The SMILES string of the molecule is [2H]N(C(=O)C(C)C)[C@H]1[C@H]([C@H](O)[C@H](O)CO)OC(C(=O)O)=C[C@@H]1n1nc2c(Cl)cc(Cl)cc2c1C#N. The van der Waals surface area contributed by atoms with Crippen LogP contribution in [0.15, 0.2) is 24.0 Å². The second kappa shape index (κ2) is 10.2. The van der Waals surface area contributed by atoms with Crippen LogP contribution in [0.5, 0.6) is 0 Å². The molecule has 2 heterocycles. The van der Waals surface area contributed by atoms with E-state index in [1.54, 1.807) is 0 Å². The van der Waals surface area contributed by atoms with Crippen molar-refractivity contribution < 1.29 is 36.2 Å². The molecule has 5 atom stereocenters. The molecule has 0 bridgehead atoms. The number of halogens is 2. The summed E-state index contributed by atoms with van der Waals surface area (Å²) in [5, 5.41) is 55.0. The zero-order valence-corrected chi connectivity index (χ0v) is 19.5. The number of carboxylic acids is 1. The summed E-state index contributed by atoms with van der Waals surface area (Å²) in [6, 6.07) is 1.96. The predicted octanol–water partition coefficient (Wildman–Crippen LogP) is 0.978. The highest BCUT2D eigenvalue weighted by atomic mass is 35.5. The molecule has 0 fully saturated rings. The van der Waals surface area contributed by atoms with Crippen molar-refractivity contribution in [3.8, 4) is 6.07 Å². The fourth-order valence-electron chi connectivity index (χ4n) is 3.54. The van der Waals surface area contributed by atoms with Crippen LogP contribution in [0, 0.1) is 17.2 Å². The van der Waals surface area contributed by atoms with E-state index < -0.39 is 60.6 Å². The first-order valence-corrected chi connectivity index (χ1v) is 10.9. The van der Waals surface area contributed by atoms with Gasteiger partial charge in [-0.3, -0.25) is 4.79 Å². The molecule has 1 aliphatic rings. The number of hydrogen-bond donors (Lipinski definition) is 5. The third kappa shape index (κ3) is 4.82. The van der Waals surface area contributed by atoms with Gasteiger partial charge in [0.1, 0.15) is 35.6 Å². The smallest absolute Gasteiger partial charge is 0.370 e. The average molecular weight is 514 g/mol. The molecular weight excluding hydrogens is 491 g/mol. The van der Waals surface area contributed by atoms with Crippen molar-refractivity contribution >= 4 is 46.0 Å². The minimum absolute atomic E-state index is 0.0991. The van der Waals surface area contributed by atoms with E-state index in [9.17, 15) is 35.3 Å². The summed E-state index contributed by atoms with van der Waals surface area (Å²) in [6.07, 6.45) is -4.37. The van der Waals surface area contributed by atoms with E-state index in [1.165, 1.54) is 26.0 Å². The number of ether oxygens (including phenoxy) is 1. The van der Waals surface area contributed by atoms with E-state index in [2.05, 4.69) is 5.10 Å². The van der Waals surface area contributed by atoms with Crippen LogP contribution in [0.25, 0.3) is 10.9 Å². The normalized spacial score (nSPS) is 22.4. The fourth-order valence-corrected chi connectivity index (χ4v) is 4.07. The number of rotatable bonds is 7. The van der Waals surface area contributed by atoms with Crippen molar-refractivity contribution in [2.75, 3.05) is 6.61 Å². The highest BCUT2D eigenvalue weighted by Crippen LogP contribution is 2.35. The zero-order valence-electron chi connectivity index (χ0n) is 19.0. The van der Waals surface area contributed by atoms with Gasteiger partial charge < -0.3 is 30.5 Å². The largest absolute Gasteiger partial charge is 0.478 e. The maximum atomic E-state index is 12.8. The van der Waals surface area contributed by atoms with Gasteiger partial charge in [0.15, 0.2) is 1.41 Å². The highest BCUT2D eigenvalue weighted by molar-refractivity contribution is 6.38. The molecule has 1 aliphatic heterocycles. The highest BCUT2D eigenvalue weighted by Gasteiger charge is 2.45. The second-order valence-electron chi connectivity index (χ2n) is 7.95. The molecule has 1 amide bonds. The van der Waals surface area contributed by atoms with Gasteiger partial charge in [-0.15, -0.1) is 0 Å². The molecule has 3 rings (SSSR count). The number of carbonyl (C=O) groups excluding carboxylic acids is 1. The maximum absolute atomic E-state index is 12.8. The van der Waals surface area contributed by atoms with Crippen LogP contribution >= 0.6 is 23.2 Å². The maximum Gasteiger partial charge on any atom is 0.370 e. The lowest BCUT2D eigenvalue weighted by Crippen LogP contribution is -2.59. The van der Waals surface area contributed by atoms with E-state index in [4.69, 9.17) is 29.4 Å². The molecule has 1 aromatic heterocycles. The van der Waals surface area contributed by atoms with Gasteiger partial charge in [0.2, 0.25) is 11.7 Å². The number of carbonyl (C=O) groups is 2. The molecule has 182 valence electrons. The Kier molecular flexibility index (Phi) is 7.25. The van der Waals surface area contributed by atoms with Crippen molar-refractivity contribution in [3.05, 3.63) is 39.7 Å². The first kappa shape index (κ1) is 24.3. The lowest BCUT2D eigenvalue weighted by Gasteiger charge is -2.40. The van der Waals surface area contributed by atoms with Crippen LogP contribution in [0.3, 0.4) is 0 Å². The average Bonchev–Trinajstić information content (AvgIpc) is 3.19. The molecule has 2 aromatic rings. The molecule has 0 spiro atoms. The number of hydrogen-bond acceptors (Lipinski definition) is 8. The van der Waals surface area contributed by atoms with Gasteiger partial charge in [-0.05, 0) is 18.2 Å². The second-order valence-corrected chi connectivity index (χ2v) is 8.79. The van der Waals surface area contributed by atoms with Gasteiger partial charge in [-0.25, -0.2) is 9.48 Å². The standard InChI is InChI=1S/C21H22Cl2N4O7/c1-8(2)20(31)25-17-12(5-15(21(32)33)34-19(17)18(30)14(29)7-28)27-13(6-24)10-3-9(22)4-11(23)16(10)26-27/h3-5,8,12,14,17-19,28-30H,7H2,1-2H3,(H,25,31)(H,32,33)/t12-,14+,17+,18+,19+/m0/s1/i/hD. The molecule has 34 heavy (non-hydrogen) atoms. The van der Waals surface area contributed by atoms with Crippen LogP contribution in [-0.4, -0.2) is 73.0 Å². The Bertz CT molecular complexity index is 1230. The zero-order chi connectivity index (χ0) is 26.2. The molecule has 0 saturated heterocycles. The third-order valence-electron chi connectivity index (χ3n) is 5.28. The number of aromatic nitrogens is 2. The van der Waals surface area contributed by atoms with Gasteiger partial charge >= 0.3 is 5.97 Å². The van der Waals surface area contributed by atoms with Crippen LogP contribution in [0.1, 0.15) is 25.6 Å². The minimum atomic E-state index is -1.92. The fraction of sp³-hybridized carbons (Fsp3) is 0.429. The molecule has 5 N–H and O–H groups in total. The topological polar surface area (TPSA) is 178 Å². The van der Waals surface area contributed by atoms with Gasteiger partial charge in [0, 0.05) is 16.3 Å². The first-order chi connectivity index (χ1) is 16.4. The first-order valence-electron chi connectivity index (χ1n) is 10.6. The number of nitrogens with zero attached hydrogens (tertiary/aromatic N) is 3. The molecule has 0 unspecified atom stereocenters. The number of fused-ring (bicyclic) bond motifs is 1. The Hall–Kier alpha value is -2.88. The summed E-state index contributed by atoms with van der Waals surface area (Å²) >= 11 is 12.3. The summed E-state index contributed by atoms with van der Waals surface area (Å²) in [7, 11) is 0. The lowest BCUT2D eigenvalue weighted by molar-refractivity contribution is -0.147. The van der Waals surface area contributed by atoms with Crippen molar-refractivity contribution in [2.45, 2.75) is 44.2 Å². The van der Waals surface area contributed by atoms with Crippen LogP contribution in [-0.2, 0) is 14.3 Å². The summed E-state index contributed by atoms with van der Waals surface area (Å²) < 4.78 is 15.0. The molecule has 1 aromatic carbocycles. The Labute approximate surface area is 205 Å². The number of nitriles is 1. The van der Waals surface area contributed by atoms with Crippen molar-refractivity contribution in [1.82, 2.24) is 15.1 Å².